The summed E-state index contributed by atoms with van der Waals surface area (Å²) in [6.45, 7) is 5.86. The van der Waals surface area contributed by atoms with Crippen LogP contribution in [0.5, 0.6) is 0 Å². The highest BCUT2D eigenvalue weighted by Gasteiger charge is 2.47. The Morgan fingerprint density at radius 2 is 1.45 bits per heavy atom. The van der Waals surface area contributed by atoms with Crippen LogP contribution < -0.4 is 0 Å². The second-order valence-electron chi connectivity index (χ2n) is 10.9. The number of nitrogens with zero attached hydrogens (tertiary/aromatic N) is 2. The van der Waals surface area contributed by atoms with Crippen LogP contribution in [0.3, 0.4) is 0 Å². The van der Waals surface area contributed by atoms with Crippen molar-refractivity contribution in [2.24, 2.45) is 0 Å². The van der Waals surface area contributed by atoms with Gasteiger partial charge in [0, 0.05) is 37.7 Å². The van der Waals surface area contributed by atoms with E-state index in [1.807, 2.05) is 18.2 Å². The average molecular weight is 529 g/mol. The van der Waals surface area contributed by atoms with Crippen LogP contribution in [-0.4, -0.2) is 47.2 Å². The number of hydrogen-bond donors (Lipinski definition) is 0. The zero-order chi connectivity index (χ0) is 25.4. The monoisotopic (exact) mass is 528 g/mol. The molecule has 3 aromatic rings. The second kappa shape index (κ2) is 11.0. The van der Waals surface area contributed by atoms with E-state index in [0.717, 1.165) is 69.4 Å². The Kier molecular flexibility index (Phi) is 7.74. The molecule has 0 N–H and O–H groups in total. The van der Waals surface area contributed by atoms with Gasteiger partial charge in [0.1, 0.15) is 5.78 Å². The molecule has 0 aromatic heterocycles. The highest BCUT2D eigenvalue weighted by Crippen LogP contribution is 2.52. The van der Waals surface area contributed by atoms with Gasteiger partial charge in [-0.3, -0.25) is 9.59 Å². The molecule has 38 heavy (non-hydrogen) atoms. The quantitative estimate of drug-likeness (QED) is 0.329. The molecule has 1 saturated heterocycles. The zero-order valence-electron chi connectivity index (χ0n) is 22.2. The van der Waals surface area contributed by atoms with E-state index in [1.165, 1.54) is 22.3 Å². The van der Waals surface area contributed by atoms with Crippen LogP contribution in [0.2, 0.25) is 0 Å². The predicted octanol–water partition coefficient (Wildman–Crippen LogP) is 6.64. The van der Waals surface area contributed by atoms with Crippen LogP contribution in [0.25, 0.3) is 11.1 Å². The highest BCUT2D eigenvalue weighted by molar-refractivity contribution is 6.01. The number of ketones is 1. The summed E-state index contributed by atoms with van der Waals surface area (Å²) in [5.41, 5.74) is 6.35. The molecule has 5 heteroatoms. The smallest absolute Gasteiger partial charge is 0.254 e. The fourth-order valence-corrected chi connectivity index (χ4v) is 7.11. The first kappa shape index (κ1) is 26.6. The number of halogens is 1. The molecule has 6 rings (SSSR count). The van der Waals surface area contributed by atoms with Gasteiger partial charge in [0.25, 0.3) is 5.91 Å². The summed E-state index contributed by atoms with van der Waals surface area (Å²) in [5, 5.41) is 0. The maximum absolute atomic E-state index is 14.0. The first-order valence-electron chi connectivity index (χ1n) is 14.0. The van der Waals surface area contributed by atoms with E-state index in [4.69, 9.17) is 0 Å². The number of Topliss-reactive ketones (excluding diaryl/α,β-unsaturated/α-hetero) is 1. The Balaban J connectivity index is 0.00000294. The molecule has 0 saturated carbocycles. The lowest BCUT2D eigenvalue weighted by Gasteiger charge is -2.37. The van der Waals surface area contributed by atoms with Crippen LogP contribution in [0, 0.1) is 0 Å². The molecule has 1 amide bonds. The van der Waals surface area contributed by atoms with Gasteiger partial charge in [-0.1, -0.05) is 80.1 Å². The van der Waals surface area contributed by atoms with E-state index in [0.29, 0.717) is 18.2 Å². The summed E-state index contributed by atoms with van der Waals surface area (Å²) in [7, 11) is 0. The number of amides is 1. The summed E-state index contributed by atoms with van der Waals surface area (Å²) in [4.78, 5) is 31.5. The van der Waals surface area contributed by atoms with Crippen molar-refractivity contribution in [1.82, 2.24) is 9.80 Å². The molecule has 1 aliphatic carbocycles. The normalized spacial score (nSPS) is 18.0. The Morgan fingerprint density at radius 1 is 0.868 bits per heavy atom. The number of piperidine rings is 1. The molecule has 0 radical (unpaired) electrons. The fourth-order valence-electron chi connectivity index (χ4n) is 7.11. The van der Waals surface area contributed by atoms with Gasteiger partial charge >= 0.3 is 0 Å². The van der Waals surface area contributed by atoms with Crippen LogP contribution in [0.15, 0.2) is 72.8 Å². The molecular formula is C33H37ClN2O2. The van der Waals surface area contributed by atoms with Gasteiger partial charge in [-0.15, -0.1) is 12.4 Å². The van der Waals surface area contributed by atoms with Gasteiger partial charge in [0.05, 0.1) is 5.41 Å². The molecule has 0 bridgehead atoms. The largest absolute Gasteiger partial charge is 0.331 e. The van der Waals surface area contributed by atoms with E-state index in [2.05, 4.69) is 71.3 Å². The summed E-state index contributed by atoms with van der Waals surface area (Å²) >= 11 is 0. The van der Waals surface area contributed by atoms with Gasteiger partial charge in [-0.2, -0.15) is 0 Å². The third kappa shape index (κ3) is 4.38. The van der Waals surface area contributed by atoms with Crippen LogP contribution in [0.1, 0.15) is 72.5 Å². The van der Waals surface area contributed by atoms with Crippen molar-refractivity contribution in [3.8, 4) is 11.1 Å². The third-order valence-electron chi connectivity index (χ3n) is 8.89. The minimum atomic E-state index is -0.514. The van der Waals surface area contributed by atoms with Crippen LogP contribution in [0.4, 0.5) is 0 Å². The molecular weight excluding hydrogens is 492 g/mol. The van der Waals surface area contributed by atoms with Crippen molar-refractivity contribution < 1.29 is 9.59 Å². The first-order chi connectivity index (χ1) is 18.1. The van der Waals surface area contributed by atoms with Crippen molar-refractivity contribution >= 4 is 24.1 Å². The highest BCUT2D eigenvalue weighted by atomic mass is 35.5. The van der Waals surface area contributed by atoms with E-state index in [1.54, 1.807) is 0 Å². The van der Waals surface area contributed by atoms with Crippen LogP contribution >= 0.6 is 12.4 Å². The average Bonchev–Trinajstić information content (AvgIpc) is 3.43. The molecule has 2 aliphatic heterocycles. The Morgan fingerprint density at radius 3 is 2.05 bits per heavy atom. The Bertz CT molecular complexity index is 1280. The van der Waals surface area contributed by atoms with E-state index in [-0.39, 0.29) is 18.3 Å². The molecule has 4 nitrogen and oxygen atoms in total. The lowest BCUT2D eigenvalue weighted by Crippen LogP contribution is -2.45. The van der Waals surface area contributed by atoms with Crippen molar-refractivity contribution in [1.29, 1.82) is 0 Å². The van der Waals surface area contributed by atoms with Crippen molar-refractivity contribution in [2.75, 3.05) is 19.6 Å². The van der Waals surface area contributed by atoms with E-state index in [9.17, 15) is 9.59 Å². The SMILES string of the molecule is CCCC1(C(=O)CCCN2CCC(N3Cc4ccccc4C3=O)CC2)c2ccccc2-c2ccccc21.Cl. The van der Waals surface area contributed by atoms with E-state index >= 15 is 0 Å². The fraction of sp³-hybridized carbons (Fsp3) is 0.394. The van der Waals surface area contributed by atoms with Gasteiger partial charge in [0.2, 0.25) is 0 Å². The molecule has 3 aromatic carbocycles. The molecule has 198 valence electrons. The lowest BCUT2D eigenvalue weighted by molar-refractivity contribution is -0.123. The number of benzene rings is 3. The number of carbonyl (C=O) groups is 2. The van der Waals surface area contributed by atoms with Gasteiger partial charge in [-0.05, 0) is 66.1 Å². The number of likely N-dealkylation sites (tertiary alicyclic amines) is 1. The van der Waals surface area contributed by atoms with Crippen LogP contribution in [-0.2, 0) is 16.8 Å². The topological polar surface area (TPSA) is 40.6 Å². The molecule has 0 unspecified atom stereocenters. The number of carbonyl (C=O) groups excluding carboxylic acids is 2. The summed E-state index contributed by atoms with van der Waals surface area (Å²) in [5.74, 6) is 0.556. The van der Waals surface area contributed by atoms with Gasteiger partial charge in [0.15, 0.2) is 0 Å². The second-order valence-corrected chi connectivity index (χ2v) is 10.9. The maximum Gasteiger partial charge on any atom is 0.254 e. The standard InChI is InChI=1S/C33H36N2O2.ClH/c1-2-19-33(29-14-7-5-12-27(29)28-13-6-8-15-30(28)33)31(36)16-9-20-34-21-17-25(18-22-34)35-23-24-10-3-4-11-26(24)32(35)37;/h3-8,10-15,25H,2,9,16-23H2,1H3;1H. The van der Waals surface area contributed by atoms with Gasteiger partial charge < -0.3 is 9.80 Å². The number of fused-ring (bicyclic) bond motifs is 4. The maximum atomic E-state index is 14.0. The molecule has 1 fully saturated rings. The third-order valence-corrected chi connectivity index (χ3v) is 8.89. The zero-order valence-corrected chi connectivity index (χ0v) is 23.0. The summed E-state index contributed by atoms with van der Waals surface area (Å²) in [6.07, 6.45) is 5.33. The molecule has 0 spiro atoms. The van der Waals surface area contributed by atoms with Gasteiger partial charge in [-0.25, -0.2) is 0 Å². The summed E-state index contributed by atoms with van der Waals surface area (Å²) < 4.78 is 0. The minimum Gasteiger partial charge on any atom is -0.331 e. The van der Waals surface area contributed by atoms with E-state index < -0.39 is 5.41 Å². The molecule has 2 heterocycles. The number of hydrogen-bond acceptors (Lipinski definition) is 3. The Hall–Kier alpha value is -2.95. The number of rotatable bonds is 8. The molecule has 3 aliphatic rings. The van der Waals surface area contributed by atoms with Crippen molar-refractivity contribution in [2.45, 2.75) is 63.5 Å². The Labute approximate surface area is 232 Å². The summed E-state index contributed by atoms with van der Waals surface area (Å²) in [6, 6.07) is 25.3. The first-order valence-corrected chi connectivity index (χ1v) is 14.0. The predicted molar refractivity (Wildman–Crippen MR) is 155 cm³/mol. The minimum absolute atomic E-state index is 0. The lowest BCUT2D eigenvalue weighted by atomic mass is 9.70. The molecule has 0 atom stereocenters. The van der Waals surface area contributed by atoms with Crippen molar-refractivity contribution in [3.63, 3.8) is 0 Å². The van der Waals surface area contributed by atoms with Crippen molar-refractivity contribution in [3.05, 3.63) is 95.1 Å².